The smallest absolute Gasteiger partial charge is 0.276 e. The van der Waals surface area contributed by atoms with Gasteiger partial charge in [-0.1, -0.05) is 68.4 Å². The van der Waals surface area contributed by atoms with E-state index in [2.05, 4.69) is 24.7 Å². The van der Waals surface area contributed by atoms with Crippen molar-refractivity contribution in [1.82, 2.24) is 10.9 Å². The predicted octanol–water partition coefficient (Wildman–Crippen LogP) is 4.27. The maximum absolute atomic E-state index is 12.4. The van der Waals surface area contributed by atoms with Crippen LogP contribution in [0, 0.1) is 0 Å². The van der Waals surface area contributed by atoms with E-state index in [0.717, 1.165) is 12.0 Å². The fourth-order valence-electron chi connectivity index (χ4n) is 3.13. The van der Waals surface area contributed by atoms with Crippen LogP contribution in [-0.2, 0) is 11.2 Å². The summed E-state index contributed by atoms with van der Waals surface area (Å²) in [6, 6.07) is 24.4. The van der Waals surface area contributed by atoms with E-state index >= 15 is 0 Å². The zero-order chi connectivity index (χ0) is 22.8. The second kappa shape index (κ2) is 11.6. The highest BCUT2D eigenvalue weighted by Crippen LogP contribution is 2.25. The summed E-state index contributed by atoms with van der Waals surface area (Å²) in [5, 5.41) is 0. The molecule has 3 aromatic carbocycles. The van der Waals surface area contributed by atoms with E-state index < -0.39 is 11.8 Å². The first-order chi connectivity index (χ1) is 15.5. The minimum absolute atomic E-state index is 0.202. The molecule has 0 atom stereocenters. The molecule has 0 aliphatic heterocycles. The Morgan fingerprint density at radius 1 is 0.844 bits per heavy atom. The number of hydrazine groups is 1. The van der Waals surface area contributed by atoms with Gasteiger partial charge in [-0.15, -0.1) is 0 Å². The van der Waals surface area contributed by atoms with Gasteiger partial charge in [0, 0.05) is 12.0 Å². The van der Waals surface area contributed by atoms with Crippen LogP contribution < -0.4 is 20.3 Å². The van der Waals surface area contributed by atoms with Gasteiger partial charge >= 0.3 is 0 Å². The van der Waals surface area contributed by atoms with Crippen molar-refractivity contribution in [2.75, 3.05) is 13.2 Å². The number of benzene rings is 3. The predicted molar refractivity (Wildman–Crippen MR) is 124 cm³/mol. The summed E-state index contributed by atoms with van der Waals surface area (Å²) in [7, 11) is 0. The van der Waals surface area contributed by atoms with Crippen LogP contribution in [-0.4, -0.2) is 25.0 Å². The van der Waals surface area contributed by atoms with Crippen LogP contribution in [0.15, 0.2) is 78.9 Å². The van der Waals surface area contributed by atoms with Crippen molar-refractivity contribution in [3.8, 4) is 11.5 Å². The SMILES string of the molecule is CC(C)c1ccccc1OCC(=O)NNC(=O)c1cccc(OCCc2ccccc2)c1. The highest BCUT2D eigenvalue weighted by molar-refractivity contribution is 5.95. The van der Waals surface area contributed by atoms with E-state index in [-0.39, 0.29) is 12.5 Å². The number of carbonyl (C=O) groups is 2. The normalized spacial score (nSPS) is 10.5. The van der Waals surface area contributed by atoms with Crippen LogP contribution in [0.2, 0.25) is 0 Å². The number of rotatable bonds is 9. The second-order valence-corrected chi connectivity index (χ2v) is 7.60. The third-order valence-corrected chi connectivity index (χ3v) is 4.81. The molecule has 3 rings (SSSR count). The Kier molecular flexibility index (Phi) is 8.26. The molecule has 0 aliphatic carbocycles. The Bertz CT molecular complexity index is 1030. The van der Waals surface area contributed by atoms with Gasteiger partial charge in [0.25, 0.3) is 11.8 Å². The molecular formula is C26H28N2O4. The van der Waals surface area contributed by atoms with Gasteiger partial charge in [0.2, 0.25) is 0 Å². The van der Waals surface area contributed by atoms with Crippen molar-refractivity contribution in [3.05, 3.63) is 95.6 Å². The lowest BCUT2D eigenvalue weighted by molar-refractivity contribution is -0.123. The summed E-state index contributed by atoms with van der Waals surface area (Å²) in [4.78, 5) is 24.5. The third-order valence-electron chi connectivity index (χ3n) is 4.81. The maximum atomic E-state index is 12.4. The quantitative estimate of drug-likeness (QED) is 0.495. The topological polar surface area (TPSA) is 76.7 Å². The monoisotopic (exact) mass is 432 g/mol. The number of hydrogen-bond donors (Lipinski definition) is 2. The average Bonchev–Trinajstić information content (AvgIpc) is 2.82. The Hall–Kier alpha value is -3.80. The summed E-state index contributed by atoms with van der Waals surface area (Å²) in [6.45, 7) is 4.41. The van der Waals surface area contributed by atoms with Crippen LogP contribution >= 0.6 is 0 Å². The van der Waals surface area contributed by atoms with Gasteiger partial charge in [-0.2, -0.15) is 0 Å². The number of hydrogen-bond acceptors (Lipinski definition) is 4. The lowest BCUT2D eigenvalue weighted by Crippen LogP contribution is -2.43. The third kappa shape index (κ3) is 6.87. The molecule has 0 aromatic heterocycles. The Morgan fingerprint density at radius 2 is 1.59 bits per heavy atom. The van der Waals surface area contributed by atoms with Gasteiger partial charge in [-0.05, 0) is 41.3 Å². The minimum atomic E-state index is -0.452. The Morgan fingerprint density at radius 3 is 2.38 bits per heavy atom. The number of nitrogens with one attached hydrogen (secondary N) is 2. The summed E-state index contributed by atoms with van der Waals surface area (Å²) in [5.74, 6) is 0.635. The second-order valence-electron chi connectivity index (χ2n) is 7.60. The molecule has 0 bridgehead atoms. The molecule has 0 saturated carbocycles. The molecule has 0 fully saturated rings. The first-order valence-electron chi connectivity index (χ1n) is 10.6. The van der Waals surface area contributed by atoms with E-state index in [9.17, 15) is 9.59 Å². The molecule has 2 amide bonds. The van der Waals surface area contributed by atoms with Gasteiger partial charge in [0.15, 0.2) is 6.61 Å². The van der Waals surface area contributed by atoms with Crippen LogP contribution in [0.3, 0.4) is 0 Å². The molecule has 0 spiro atoms. The van der Waals surface area contributed by atoms with Crippen molar-refractivity contribution in [2.45, 2.75) is 26.2 Å². The van der Waals surface area contributed by atoms with Gasteiger partial charge in [-0.25, -0.2) is 0 Å². The van der Waals surface area contributed by atoms with Crippen molar-refractivity contribution in [1.29, 1.82) is 0 Å². The average molecular weight is 433 g/mol. The zero-order valence-electron chi connectivity index (χ0n) is 18.3. The number of carbonyl (C=O) groups excluding carboxylic acids is 2. The van der Waals surface area contributed by atoms with Gasteiger partial charge < -0.3 is 9.47 Å². The number of ether oxygens (including phenoxy) is 2. The van der Waals surface area contributed by atoms with Crippen LogP contribution in [0.5, 0.6) is 11.5 Å². The number of para-hydroxylation sites is 1. The molecule has 3 aromatic rings. The number of amides is 2. The first-order valence-corrected chi connectivity index (χ1v) is 10.6. The molecule has 166 valence electrons. The van der Waals surface area contributed by atoms with E-state index in [0.29, 0.717) is 23.7 Å². The fraction of sp³-hybridized carbons (Fsp3) is 0.231. The minimum Gasteiger partial charge on any atom is -0.493 e. The molecule has 2 N–H and O–H groups in total. The maximum Gasteiger partial charge on any atom is 0.276 e. The van der Waals surface area contributed by atoms with E-state index in [4.69, 9.17) is 9.47 Å². The molecule has 0 unspecified atom stereocenters. The summed E-state index contributed by atoms with van der Waals surface area (Å²) in [5.41, 5.74) is 7.37. The molecule has 6 nitrogen and oxygen atoms in total. The summed E-state index contributed by atoms with van der Waals surface area (Å²) in [6.07, 6.45) is 0.771. The van der Waals surface area contributed by atoms with E-state index in [1.54, 1.807) is 24.3 Å². The lowest BCUT2D eigenvalue weighted by Gasteiger charge is -2.14. The largest absolute Gasteiger partial charge is 0.493 e. The highest BCUT2D eigenvalue weighted by Gasteiger charge is 2.11. The van der Waals surface area contributed by atoms with Gasteiger partial charge in [0.1, 0.15) is 11.5 Å². The van der Waals surface area contributed by atoms with Crippen molar-refractivity contribution in [3.63, 3.8) is 0 Å². The molecule has 0 radical (unpaired) electrons. The zero-order valence-corrected chi connectivity index (χ0v) is 18.3. The standard InChI is InChI=1S/C26H28N2O4/c1-19(2)23-13-6-7-14-24(23)32-18-25(29)27-28-26(30)21-11-8-12-22(17-21)31-16-15-20-9-4-3-5-10-20/h3-14,17,19H,15-16,18H2,1-2H3,(H,27,29)(H,28,30). The van der Waals surface area contributed by atoms with Crippen LogP contribution in [0.25, 0.3) is 0 Å². The molecule has 0 aliphatic rings. The summed E-state index contributed by atoms with van der Waals surface area (Å²) >= 11 is 0. The van der Waals surface area contributed by atoms with Crippen molar-refractivity contribution >= 4 is 11.8 Å². The van der Waals surface area contributed by atoms with Crippen LogP contribution in [0.1, 0.15) is 41.3 Å². The fourth-order valence-corrected chi connectivity index (χ4v) is 3.13. The van der Waals surface area contributed by atoms with Crippen LogP contribution in [0.4, 0.5) is 0 Å². The van der Waals surface area contributed by atoms with Crippen molar-refractivity contribution in [2.24, 2.45) is 0 Å². The van der Waals surface area contributed by atoms with E-state index in [1.807, 2.05) is 54.6 Å². The lowest BCUT2D eigenvalue weighted by atomic mass is 10.0. The van der Waals surface area contributed by atoms with E-state index in [1.165, 1.54) is 5.56 Å². The van der Waals surface area contributed by atoms with Gasteiger partial charge in [0.05, 0.1) is 6.61 Å². The molecule has 0 saturated heterocycles. The Balaban J connectivity index is 1.45. The first kappa shape index (κ1) is 22.9. The molecule has 32 heavy (non-hydrogen) atoms. The Labute approximate surface area is 188 Å². The molecular weight excluding hydrogens is 404 g/mol. The summed E-state index contributed by atoms with van der Waals surface area (Å²) < 4.78 is 11.4. The van der Waals surface area contributed by atoms with Crippen molar-refractivity contribution < 1.29 is 19.1 Å². The van der Waals surface area contributed by atoms with Gasteiger partial charge in [-0.3, -0.25) is 20.4 Å². The molecule has 6 heteroatoms. The molecule has 0 heterocycles. The highest BCUT2D eigenvalue weighted by atomic mass is 16.5.